The number of aromatic nitrogens is 3. The van der Waals surface area contributed by atoms with Crippen molar-refractivity contribution in [2.75, 3.05) is 52.2 Å². The number of benzene rings is 1. The summed E-state index contributed by atoms with van der Waals surface area (Å²) in [5, 5.41) is 8.20. The molecule has 0 saturated carbocycles. The van der Waals surface area contributed by atoms with Gasteiger partial charge in [-0.2, -0.15) is 0 Å². The molecule has 0 spiro atoms. The number of likely N-dealkylation sites (N-methyl/N-ethyl adjacent to an activating group) is 1. The Kier molecular flexibility index (Phi) is 7.41. The zero-order valence-electron chi connectivity index (χ0n) is 17.8. The molecule has 1 saturated heterocycles. The van der Waals surface area contributed by atoms with Gasteiger partial charge in [0.1, 0.15) is 0 Å². The van der Waals surface area contributed by atoms with Gasteiger partial charge in [-0.05, 0) is 44.0 Å². The van der Waals surface area contributed by atoms with Crippen molar-refractivity contribution in [3.8, 4) is 0 Å². The number of nitrogens with zero attached hydrogens (tertiary/aromatic N) is 6. The first-order chi connectivity index (χ1) is 14.0. The summed E-state index contributed by atoms with van der Waals surface area (Å²) in [5.74, 6) is 0.00697. The fourth-order valence-corrected chi connectivity index (χ4v) is 3.38. The third-order valence-corrected chi connectivity index (χ3v) is 5.25. The average Bonchev–Trinajstić information content (AvgIpc) is 3.22. The Morgan fingerprint density at radius 2 is 1.83 bits per heavy atom. The predicted molar refractivity (Wildman–Crippen MR) is 117 cm³/mol. The summed E-state index contributed by atoms with van der Waals surface area (Å²) in [6.45, 7) is 4.06. The van der Waals surface area contributed by atoms with Gasteiger partial charge in [0.15, 0.2) is 5.69 Å². The van der Waals surface area contributed by atoms with E-state index in [4.69, 9.17) is 0 Å². The molecule has 7 heteroatoms. The van der Waals surface area contributed by atoms with Crippen LogP contribution in [-0.2, 0) is 6.54 Å². The van der Waals surface area contributed by atoms with Crippen molar-refractivity contribution in [1.29, 1.82) is 0 Å². The van der Waals surface area contributed by atoms with E-state index in [1.54, 1.807) is 10.9 Å². The summed E-state index contributed by atoms with van der Waals surface area (Å²) >= 11 is 0. The zero-order chi connectivity index (χ0) is 20.6. The van der Waals surface area contributed by atoms with Crippen molar-refractivity contribution >= 4 is 17.7 Å². The topological polar surface area (TPSA) is 57.5 Å². The molecular weight excluding hydrogens is 364 g/mol. The van der Waals surface area contributed by atoms with E-state index in [1.165, 1.54) is 17.7 Å². The Bertz CT molecular complexity index is 805. The standard InChI is InChI=1S/C22H32N6O/c1-25(2)20-11-9-19(10-12-20)8-7-13-26(3)16-17-28-18-21(23-24-28)22(29)27-14-5-4-6-15-27/h7-12,18H,4-6,13-17H2,1-3H3/b8-7+. The van der Waals surface area contributed by atoms with Gasteiger partial charge in [-0.3, -0.25) is 9.48 Å². The van der Waals surface area contributed by atoms with Crippen LogP contribution in [0.2, 0.25) is 0 Å². The molecule has 2 aromatic rings. The van der Waals surface area contributed by atoms with E-state index in [2.05, 4.69) is 63.6 Å². The van der Waals surface area contributed by atoms with Crippen LogP contribution in [-0.4, -0.2) is 78.0 Å². The first kappa shape index (κ1) is 21.0. The summed E-state index contributed by atoms with van der Waals surface area (Å²) < 4.78 is 1.76. The lowest BCUT2D eigenvalue weighted by Crippen LogP contribution is -2.35. The van der Waals surface area contributed by atoms with Gasteiger partial charge in [0, 0.05) is 46.0 Å². The highest BCUT2D eigenvalue weighted by atomic mass is 16.2. The SMILES string of the molecule is CN(C/C=C/c1ccc(N(C)C)cc1)CCn1cc(C(=O)N2CCCCC2)nn1. The molecule has 1 aliphatic rings. The van der Waals surface area contributed by atoms with E-state index in [1.807, 2.05) is 19.0 Å². The number of piperidine rings is 1. The van der Waals surface area contributed by atoms with Crippen LogP contribution >= 0.6 is 0 Å². The van der Waals surface area contributed by atoms with Gasteiger partial charge in [0.2, 0.25) is 0 Å². The number of amides is 1. The van der Waals surface area contributed by atoms with Gasteiger partial charge in [-0.25, -0.2) is 0 Å². The van der Waals surface area contributed by atoms with E-state index < -0.39 is 0 Å². The van der Waals surface area contributed by atoms with E-state index >= 15 is 0 Å². The summed E-state index contributed by atoms with van der Waals surface area (Å²) in [6.07, 6.45) is 9.44. The highest BCUT2D eigenvalue weighted by Crippen LogP contribution is 2.13. The van der Waals surface area contributed by atoms with Gasteiger partial charge < -0.3 is 14.7 Å². The normalized spacial score (nSPS) is 14.7. The molecule has 2 heterocycles. The largest absolute Gasteiger partial charge is 0.378 e. The van der Waals surface area contributed by atoms with E-state index in [-0.39, 0.29) is 5.91 Å². The van der Waals surface area contributed by atoms with E-state index in [9.17, 15) is 4.79 Å². The lowest BCUT2D eigenvalue weighted by Gasteiger charge is -2.25. The van der Waals surface area contributed by atoms with E-state index in [0.717, 1.165) is 39.0 Å². The quantitative estimate of drug-likeness (QED) is 0.687. The second-order valence-electron chi connectivity index (χ2n) is 7.87. The molecule has 29 heavy (non-hydrogen) atoms. The fraction of sp³-hybridized carbons (Fsp3) is 0.500. The molecule has 0 N–H and O–H groups in total. The number of rotatable bonds is 8. The lowest BCUT2D eigenvalue weighted by molar-refractivity contribution is 0.0718. The van der Waals surface area contributed by atoms with Crippen molar-refractivity contribution in [1.82, 2.24) is 24.8 Å². The van der Waals surface area contributed by atoms with Crippen LogP contribution in [0.25, 0.3) is 6.08 Å². The van der Waals surface area contributed by atoms with Gasteiger partial charge in [0.05, 0.1) is 12.7 Å². The number of anilines is 1. The monoisotopic (exact) mass is 396 g/mol. The maximum absolute atomic E-state index is 12.5. The third-order valence-electron chi connectivity index (χ3n) is 5.25. The Morgan fingerprint density at radius 3 is 2.52 bits per heavy atom. The van der Waals surface area contributed by atoms with Crippen LogP contribution in [0.3, 0.4) is 0 Å². The molecule has 0 atom stereocenters. The Balaban J connectivity index is 1.43. The molecule has 7 nitrogen and oxygen atoms in total. The first-order valence-electron chi connectivity index (χ1n) is 10.3. The van der Waals surface area contributed by atoms with Crippen molar-refractivity contribution in [3.63, 3.8) is 0 Å². The third kappa shape index (κ3) is 6.15. The number of hydrogen-bond acceptors (Lipinski definition) is 5. The first-order valence-corrected chi connectivity index (χ1v) is 10.3. The maximum atomic E-state index is 12.5. The zero-order valence-corrected chi connectivity index (χ0v) is 17.8. The number of hydrogen-bond donors (Lipinski definition) is 0. The highest BCUT2D eigenvalue weighted by Gasteiger charge is 2.20. The molecule has 1 fully saturated rings. The van der Waals surface area contributed by atoms with Crippen molar-refractivity contribution < 1.29 is 4.79 Å². The predicted octanol–water partition coefficient (Wildman–Crippen LogP) is 2.62. The summed E-state index contributed by atoms with van der Waals surface area (Å²) in [5.41, 5.74) is 2.85. The molecule has 0 radical (unpaired) electrons. The Hall–Kier alpha value is -2.67. The van der Waals surface area contributed by atoms with Crippen LogP contribution < -0.4 is 4.90 Å². The smallest absolute Gasteiger partial charge is 0.276 e. The van der Waals surface area contributed by atoms with Gasteiger partial charge >= 0.3 is 0 Å². The lowest BCUT2D eigenvalue weighted by atomic mass is 10.1. The summed E-state index contributed by atoms with van der Waals surface area (Å²) in [6, 6.07) is 8.50. The molecule has 0 unspecified atom stereocenters. The maximum Gasteiger partial charge on any atom is 0.276 e. The Morgan fingerprint density at radius 1 is 1.10 bits per heavy atom. The minimum absolute atomic E-state index is 0.00697. The molecule has 0 aliphatic carbocycles. The van der Waals surface area contributed by atoms with E-state index in [0.29, 0.717) is 12.2 Å². The minimum atomic E-state index is 0.00697. The Labute approximate surface area is 173 Å². The molecule has 1 aromatic carbocycles. The molecule has 1 aromatic heterocycles. The molecule has 1 amide bonds. The van der Waals surface area contributed by atoms with Crippen LogP contribution in [0.4, 0.5) is 5.69 Å². The van der Waals surface area contributed by atoms with Crippen LogP contribution in [0.15, 0.2) is 36.5 Å². The average molecular weight is 397 g/mol. The van der Waals surface area contributed by atoms with Crippen molar-refractivity contribution in [2.24, 2.45) is 0 Å². The second kappa shape index (κ2) is 10.2. The van der Waals surface area contributed by atoms with Crippen molar-refractivity contribution in [2.45, 2.75) is 25.8 Å². The fourth-order valence-electron chi connectivity index (χ4n) is 3.38. The summed E-state index contributed by atoms with van der Waals surface area (Å²) in [7, 11) is 6.17. The van der Waals surface area contributed by atoms with Crippen LogP contribution in [0.5, 0.6) is 0 Å². The number of carbonyl (C=O) groups is 1. The summed E-state index contributed by atoms with van der Waals surface area (Å²) in [4.78, 5) is 18.7. The number of likely N-dealkylation sites (tertiary alicyclic amines) is 1. The minimum Gasteiger partial charge on any atom is -0.378 e. The van der Waals surface area contributed by atoms with Gasteiger partial charge in [-0.15, -0.1) is 5.10 Å². The van der Waals surface area contributed by atoms with Crippen LogP contribution in [0, 0.1) is 0 Å². The second-order valence-corrected chi connectivity index (χ2v) is 7.87. The van der Waals surface area contributed by atoms with Crippen LogP contribution in [0.1, 0.15) is 35.3 Å². The molecule has 3 rings (SSSR count). The van der Waals surface area contributed by atoms with Gasteiger partial charge in [-0.1, -0.05) is 29.5 Å². The molecule has 1 aliphatic heterocycles. The van der Waals surface area contributed by atoms with Crippen molar-refractivity contribution in [3.05, 3.63) is 47.8 Å². The molecular formula is C22H32N6O. The number of carbonyl (C=O) groups excluding carboxylic acids is 1. The van der Waals surface area contributed by atoms with Gasteiger partial charge in [0.25, 0.3) is 5.91 Å². The molecule has 0 bridgehead atoms. The molecule has 156 valence electrons. The highest BCUT2D eigenvalue weighted by molar-refractivity contribution is 5.91.